The fourth-order valence-electron chi connectivity index (χ4n) is 1.54. The first-order valence-corrected chi connectivity index (χ1v) is 6.27. The zero-order valence-electron chi connectivity index (χ0n) is 8.65. The first-order valence-electron chi connectivity index (χ1n) is 4.51. The fraction of sp³-hybridized carbons (Fsp3) is 0.100. The van der Waals surface area contributed by atoms with Crippen LogP contribution in [0.2, 0.25) is 5.15 Å². The van der Waals surface area contributed by atoms with Crippen LogP contribution in [0.5, 0.6) is 5.75 Å². The van der Waals surface area contributed by atoms with Crippen LogP contribution in [0, 0.1) is 0 Å². The van der Waals surface area contributed by atoms with Crippen molar-refractivity contribution in [3.63, 3.8) is 0 Å². The van der Waals surface area contributed by atoms with Crippen molar-refractivity contribution in [3.05, 3.63) is 29.4 Å². The zero-order chi connectivity index (χ0) is 12.6. The van der Waals surface area contributed by atoms with Crippen LogP contribution < -0.4 is 4.74 Å². The van der Waals surface area contributed by atoms with Crippen LogP contribution in [0.25, 0.3) is 10.9 Å². The van der Waals surface area contributed by atoms with E-state index in [2.05, 4.69) is 4.98 Å². The van der Waals surface area contributed by atoms with E-state index in [9.17, 15) is 12.3 Å². The number of ether oxygens (including phenoxy) is 1. The number of nitrogens with zero attached hydrogens (tertiary/aromatic N) is 1. The van der Waals surface area contributed by atoms with Gasteiger partial charge in [-0.2, -0.15) is 8.42 Å². The summed E-state index contributed by atoms with van der Waals surface area (Å²) in [5, 5.41) is 0.334. The van der Waals surface area contributed by atoms with Gasteiger partial charge in [0.15, 0.2) is 0 Å². The van der Waals surface area contributed by atoms with Crippen molar-refractivity contribution in [3.8, 4) is 5.75 Å². The summed E-state index contributed by atoms with van der Waals surface area (Å²) >= 11 is 5.67. The monoisotopic (exact) mass is 275 g/mol. The zero-order valence-corrected chi connectivity index (χ0v) is 10.2. The molecule has 0 aliphatic heterocycles. The summed E-state index contributed by atoms with van der Waals surface area (Å²) in [7, 11) is -3.63. The summed E-state index contributed by atoms with van der Waals surface area (Å²) in [5.41, 5.74) is 0.287. The summed E-state index contributed by atoms with van der Waals surface area (Å²) in [4.78, 5) is 3.38. The number of rotatable bonds is 2. The molecule has 0 N–H and O–H groups in total. The quantitative estimate of drug-likeness (QED) is 0.624. The summed E-state index contributed by atoms with van der Waals surface area (Å²) in [6.07, 6.45) is 0. The second-order valence-corrected chi connectivity index (χ2v) is 4.91. The average molecular weight is 276 g/mol. The molecule has 1 heterocycles. The van der Waals surface area contributed by atoms with Gasteiger partial charge in [-0.3, -0.25) is 0 Å². The molecule has 0 bridgehead atoms. The first-order chi connectivity index (χ1) is 7.93. The molecule has 17 heavy (non-hydrogen) atoms. The molecule has 0 radical (unpaired) electrons. The van der Waals surface area contributed by atoms with Gasteiger partial charge < -0.3 is 4.74 Å². The number of halogens is 2. The molecule has 1 aromatic heterocycles. The van der Waals surface area contributed by atoms with Crippen LogP contribution in [0.1, 0.15) is 0 Å². The molecule has 0 fully saturated rings. The summed E-state index contributed by atoms with van der Waals surface area (Å²) < 4.78 is 40.3. The van der Waals surface area contributed by atoms with Crippen molar-refractivity contribution in [1.29, 1.82) is 0 Å². The molecule has 4 nitrogen and oxygen atoms in total. The van der Waals surface area contributed by atoms with Crippen molar-refractivity contribution >= 4 is 32.7 Å². The molecular formula is C10H7ClFNO3S. The molecule has 0 saturated carbocycles. The van der Waals surface area contributed by atoms with Crippen molar-refractivity contribution in [1.82, 2.24) is 4.98 Å². The molecule has 7 heteroatoms. The maximum Gasteiger partial charge on any atom is 0.336 e. The lowest BCUT2D eigenvalue weighted by Gasteiger charge is -2.08. The minimum absolute atomic E-state index is 0.0656. The van der Waals surface area contributed by atoms with Gasteiger partial charge in [0.25, 0.3) is 0 Å². The first kappa shape index (κ1) is 12.1. The van der Waals surface area contributed by atoms with E-state index in [1.165, 1.54) is 31.4 Å². The van der Waals surface area contributed by atoms with E-state index in [1.54, 1.807) is 0 Å². The highest BCUT2D eigenvalue weighted by atomic mass is 35.5. The minimum atomic E-state index is -4.89. The van der Waals surface area contributed by atoms with Gasteiger partial charge in [-0.15, -0.1) is 3.89 Å². The number of fused-ring (bicyclic) bond motifs is 1. The Hall–Kier alpha value is -1.40. The third-order valence-corrected chi connectivity index (χ3v) is 3.33. The van der Waals surface area contributed by atoms with Crippen LogP contribution in [-0.2, 0) is 10.2 Å². The van der Waals surface area contributed by atoms with Crippen molar-refractivity contribution < 1.29 is 17.0 Å². The van der Waals surface area contributed by atoms with Gasteiger partial charge in [0.05, 0.1) is 12.6 Å². The van der Waals surface area contributed by atoms with Crippen LogP contribution >= 0.6 is 11.6 Å². The highest BCUT2D eigenvalue weighted by Gasteiger charge is 2.22. The molecule has 0 atom stereocenters. The van der Waals surface area contributed by atoms with E-state index in [0.29, 0.717) is 0 Å². The van der Waals surface area contributed by atoms with E-state index in [-0.39, 0.29) is 21.8 Å². The second kappa shape index (κ2) is 4.12. The Morgan fingerprint density at radius 2 is 2.00 bits per heavy atom. The molecule has 1 aromatic carbocycles. The third kappa shape index (κ3) is 2.18. The second-order valence-electron chi connectivity index (χ2n) is 3.24. The topological polar surface area (TPSA) is 56.3 Å². The summed E-state index contributed by atoms with van der Waals surface area (Å²) in [6.45, 7) is 0. The Kier molecular flexibility index (Phi) is 2.92. The van der Waals surface area contributed by atoms with E-state index in [1.807, 2.05) is 0 Å². The summed E-state index contributed by atoms with van der Waals surface area (Å²) in [6, 6.07) is 5.62. The number of hydrogen-bond donors (Lipinski definition) is 0. The fourth-order valence-corrected chi connectivity index (χ4v) is 2.53. The third-order valence-electron chi connectivity index (χ3n) is 2.22. The van der Waals surface area contributed by atoms with Gasteiger partial charge in [0.1, 0.15) is 15.8 Å². The van der Waals surface area contributed by atoms with Crippen LogP contribution in [0.3, 0.4) is 0 Å². The molecule has 0 aliphatic rings. The molecule has 90 valence electrons. The number of hydrogen-bond acceptors (Lipinski definition) is 4. The Morgan fingerprint density at radius 3 is 2.59 bits per heavy atom. The van der Waals surface area contributed by atoms with Gasteiger partial charge in [0.2, 0.25) is 0 Å². The largest absolute Gasteiger partial charge is 0.495 e. The highest BCUT2D eigenvalue weighted by Crippen LogP contribution is 2.33. The number of methoxy groups -OCH3 is 1. The maximum atomic E-state index is 13.2. The Bertz CT molecular complexity index is 687. The Balaban J connectivity index is 2.94. The lowest BCUT2D eigenvalue weighted by Crippen LogP contribution is -1.99. The number of benzene rings is 1. The van der Waals surface area contributed by atoms with Crippen molar-refractivity contribution in [2.45, 2.75) is 4.90 Å². The van der Waals surface area contributed by atoms with Crippen LogP contribution in [0.15, 0.2) is 29.2 Å². The van der Waals surface area contributed by atoms with E-state index >= 15 is 0 Å². The van der Waals surface area contributed by atoms with Gasteiger partial charge >= 0.3 is 10.2 Å². The molecular weight excluding hydrogens is 269 g/mol. The lowest BCUT2D eigenvalue weighted by atomic mass is 10.2. The van der Waals surface area contributed by atoms with Crippen molar-refractivity contribution in [2.75, 3.05) is 7.11 Å². The van der Waals surface area contributed by atoms with Gasteiger partial charge in [-0.1, -0.05) is 11.6 Å². The SMILES string of the molecule is COc1ccc2nc(Cl)ccc2c1S(=O)(=O)F. The number of aromatic nitrogens is 1. The number of pyridine rings is 1. The van der Waals surface area contributed by atoms with Gasteiger partial charge in [-0.05, 0) is 24.3 Å². The molecule has 0 unspecified atom stereocenters. The molecule has 0 saturated heterocycles. The molecule has 2 aromatic rings. The van der Waals surface area contributed by atoms with Crippen LogP contribution in [-0.4, -0.2) is 20.5 Å². The Labute approximate surface area is 102 Å². The standard InChI is InChI=1S/C10H7ClFNO3S/c1-16-8-4-3-7-6(2-5-9(11)13-7)10(8)17(12,14)15/h2-5H,1H3. The van der Waals surface area contributed by atoms with Gasteiger partial charge in [0, 0.05) is 5.39 Å². The lowest BCUT2D eigenvalue weighted by molar-refractivity contribution is 0.402. The Morgan fingerprint density at radius 1 is 1.29 bits per heavy atom. The van der Waals surface area contributed by atoms with E-state index in [4.69, 9.17) is 16.3 Å². The molecule has 2 rings (SSSR count). The van der Waals surface area contributed by atoms with Gasteiger partial charge in [-0.25, -0.2) is 4.98 Å². The van der Waals surface area contributed by atoms with Crippen LogP contribution in [0.4, 0.5) is 3.89 Å². The molecule has 0 amide bonds. The predicted molar refractivity (Wildman–Crippen MR) is 61.6 cm³/mol. The van der Waals surface area contributed by atoms with E-state index in [0.717, 1.165) is 0 Å². The summed E-state index contributed by atoms with van der Waals surface area (Å²) in [5.74, 6) is -0.0656. The molecule has 0 spiro atoms. The predicted octanol–water partition coefficient (Wildman–Crippen LogP) is 2.56. The maximum absolute atomic E-state index is 13.2. The highest BCUT2D eigenvalue weighted by molar-refractivity contribution is 7.86. The van der Waals surface area contributed by atoms with E-state index < -0.39 is 15.1 Å². The van der Waals surface area contributed by atoms with Crippen molar-refractivity contribution in [2.24, 2.45) is 0 Å². The smallest absolute Gasteiger partial charge is 0.336 e. The normalized spacial score (nSPS) is 11.7. The molecule has 0 aliphatic carbocycles. The average Bonchev–Trinajstić information content (AvgIpc) is 2.25. The minimum Gasteiger partial charge on any atom is -0.495 e.